The van der Waals surface area contributed by atoms with Crippen molar-refractivity contribution in [3.05, 3.63) is 65.4 Å². The molecule has 0 bridgehead atoms. The number of H-pyrrole nitrogens is 1. The second kappa shape index (κ2) is 5.76. The molecule has 0 unspecified atom stereocenters. The molecule has 1 aliphatic carbocycles. The Bertz CT molecular complexity index is 870. The molecule has 1 heterocycles. The number of carbonyl (C=O) groups excluding carboxylic acids is 1. The van der Waals surface area contributed by atoms with Crippen LogP contribution in [0, 0.1) is 0 Å². The molecule has 0 aliphatic heterocycles. The number of benzene rings is 2. The molecular weight excluding hydrogens is 324 g/mol. The number of aromatic nitrogens is 3. The number of aromatic amines is 1. The van der Waals surface area contributed by atoms with Gasteiger partial charge in [0, 0.05) is 16.3 Å². The lowest BCUT2D eigenvalue weighted by atomic mass is 9.95. The van der Waals surface area contributed by atoms with E-state index in [1.54, 1.807) is 0 Å². The largest absolute Gasteiger partial charge is 0.325 e. The van der Waals surface area contributed by atoms with E-state index in [4.69, 9.17) is 11.6 Å². The van der Waals surface area contributed by atoms with Gasteiger partial charge in [-0.1, -0.05) is 35.9 Å². The average molecular weight is 339 g/mol. The summed E-state index contributed by atoms with van der Waals surface area (Å²) in [7, 11) is 0. The zero-order valence-electron chi connectivity index (χ0n) is 12.8. The molecule has 0 spiro atoms. The lowest BCUT2D eigenvalue weighted by Gasteiger charge is -2.16. The molecule has 0 atom stereocenters. The number of hydrogen-bond donors (Lipinski definition) is 2. The summed E-state index contributed by atoms with van der Waals surface area (Å²) in [6, 6.07) is 15.1. The number of nitrogens with zero attached hydrogens (tertiary/aromatic N) is 2. The molecule has 3 aromatic rings. The molecule has 1 fully saturated rings. The molecule has 2 N–H and O–H groups in total. The minimum absolute atomic E-state index is 0.0135. The van der Waals surface area contributed by atoms with E-state index in [9.17, 15) is 4.79 Å². The fourth-order valence-electron chi connectivity index (χ4n) is 2.88. The van der Waals surface area contributed by atoms with Crippen LogP contribution in [0.1, 0.15) is 18.4 Å². The molecule has 2 aromatic carbocycles. The molecule has 5 nitrogen and oxygen atoms in total. The third kappa shape index (κ3) is 2.67. The summed E-state index contributed by atoms with van der Waals surface area (Å²) in [5.41, 5.74) is 2.19. The van der Waals surface area contributed by atoms with E-state index >= 15 is 0 Å². The predicted molar refractivity (Wildman–Crippen MR) is 92.8 cm³/mol. The van der Waals surface area contributed by atoms with Gasteiger partial charge < -0.3 is 5.32 Å². The summed E-state index contributed by atoms with van der Waals surface area (Å²) < 4.78 is 0. The van der Waals surface area contributed by atoms with Crippen LogP contribution in [0.2, 0.25) is 5.02 Å². The molecule has 24 heavy (non-hydrogen) atoms. The minimum atomic E-state index is -0.438. The van der Waals surface area contributed by atoms with E-state index < -0.39 is 5.41 Å². The van der Waals surface area contributed by atoms with Gasteiger partial charge in [0.1, 0.15) is 6.33 Å². The zero-order chi connectivity index (χ0) is 16.6. The van der Waals surface area contributed by atoms with Crippen LogP contribution in [0.4, 0.5) is 5.69 Å². The highest BCUT2D eigenvalue weighted by atomic mass is 35.5. The van der Waals surface area contributed by atoms with Crippen molar-refractivity contribution in [1.29, 1.82) is 0 Å². The first-order chi connectivity index (χ1) is 11.7. The van der Waals surface area contributed by atoms with Crippen LogP contribution in [-0.4, -0.2) is 21.1 Å². The Morgan fingerprint density at radius 3 is 2.62 bits per heavy atom. The fourth-order valence-corrected chi connectivity index (χ4v) is 3.01. The highest BCUT2D eigenvalue weighted by Gasteiger charge is 2.51. The number of halogens is 1. The van der Waals surface area contributed by atoms with Crippen LogP contribution in [0.25, 0.3) is 11.4 Å². The maximum Gasteiger partial charge on any atom is 0.235 e. The first-order valence-corrected chi connectivity index (χ1v) is 8.08. The third-order valence-electron chi connectivity index (χ3n) is 4.39. The van der Waals surface area contributed by atoms with Crippen molar-refractivity contribution >= 4 is 23.2 Å². The zero-order valence-corrected chi connectivity index (χ0v) is 13.5. The quantitative estimate of drug-likeness (QED) is 0.760. The monoisotopic (exact) mass is 338 g/mol. The molecule has 120 valence electrons. The first kappa shape index (κ1) is 14.9. The number of nitrogens with one attached hydrogen (secondary N) is 2. The predicted octanol–water partition coefficient (Wildman–Crippen LogP) is 3.80. The van der Waals surface area contributed by atoms with Crippen molar-refractivity contribution in [2.45, 2.75) is 18.3 Å². The highest BCUT2D eigenvalue weighted by Crippen LogP contribution is 2.49. The van der Waals surface area contributed by atoms with Gasteiger partial charge in [0.25, 0.3) is 0 Å². The molecule has 1 amide bonds. The third-order valence-corrected chi connectivity index (χ3v) is 4.64. The van der Waals surface area contributed by atoms with Crippen LogP contribution < -0.4 is 5.32 Å². The lowest BCUT2D eigenvalue weighted by molar-refractivity contribution is -0.118. The van der Waals surface area contributed by atoms with Crippen molar-refractivity contribution in [3.63, 3.8) is 0 Å². The highest BCUT2D eigenvalue weighted by molar-refractivity contribution is 6.30. The summed E-state index contributed by atoms with van der Waals surface area (Å²) in [4.78, 5) is 16.9. The molecule has 4 rings (SSSR count). The Morgan fingerprint density at radius 1 is 1.17 bits per heavy atom. The van der Waals surface area contributed by atoms with Crippen molar-refractivity contribution < 1.29 is 4.79 Å². The van der Waals surface area contributed by atoms with E-state index in [1.807, 2.05) is 48.5 Å². The van der Waals surface area contributed by atoms with Gasteiger partial charge in [-0.15, -0.1) is 0 Å². The van der Waals surface area contributed by atoms with E-state index in [0.717, 1.165) is 29.7 Å². The van der Waals surface area contributed by atoms with E-state index in [2.05, 4.69) is 20.5 Å². The van der Waals surface area contributed by atoms with Crippen molar-refractivity contribution in [1.82, 2.24) is 15.2 Å². The lowest BCUT2D eigenvalue weighted by Crippen LogP contribution is -2.27. The van der Waals surface area contributed by atoms with Gasteiger partial charge in [-0.05, 0) is 42.7 Å². The number of amides is 1. The van der Waals surface area contributed by atoms with Gasteiger partial charge in [-0.3, -0.25) is 9.89 Å². The molecule has 1 aliphatic rings. The number of anilines is 1. The number of rotatable bonds is 4. The Hall–Kier alpha value is -2.66. The summed E-state index contributed by atoms with van der Waals surface area (Å²) in [6.45, 7) is 0. The normalized spacial score (nSPS) is 15.0. The average Bonchev–Trinajstić information content (AvgIpc) is 3.22. The molecule has 1 aromatic heterocycles. The van der Waals surface area contributed by atoms with E-state index in [-0.39, 0.29) is 5.91 Å². The molecule has 0 saturated heterocycles. The summed E-state index contributed by atoms with van der Waals surface area (Å²) in [6.07, 6.45) is 3.16. The van der Waals surface area contributed by atoms with Crippen LogP contribution in [0.15, 0.2) is 54.9 Å². The van der Waals surface area contributed by atoms with Gasteiger partial charge in [0.15, 0.2) is 5.82 Å². The molecular formula is C18H15ClN4O. The van der Waals surface area contributed by atoms with Crippen LogP contribution in [0.5, 0.6) is 0 Å². The fraction of sp³-hybridized carbons (Fsp3) is 0.167. The van der Waals surface area contributed by atoms with Crippen molar-refractivity contribution in [2.75, 3.05) is 5.32 Å². The van der Waals surface area contributed by atoms with Gasteiger partial charge in [-0.2, -0.15) is 5.10 Å². The van der Waals surface area contributed by atoms with Crippen LogP contribution in [0.3, 0.4) is 0 Å². The van der Waals surface area contributed by atoms with Crippen molar-refractivity contribution in [2.24, 2.45) is 0 Å². The number of hydrogen-bond acceptors (Lipinski definition) is 3. The van der Waals surface area contributed by atoms with Gasteiger partial charge in [-0.25, -0.2) is 4.98 Å². The summed E-state index contributed by atoms with van der Waals surface area (Å²) in [5, 5.41) is 10.4. The van der Waals surface area contributed by atoms with Crippen molar-refractivity contribution in [3.8, 4) is 11.4 Å². The Morgan fingerprint density at radius 2 is 1.96 bits per heavy atom. The Labute approximate surface area is 144 Å². The molecule has 0 radical (unpaired) electrons. The van der Waals surface area contributed by atoms with Crippen LogP contribution >= 0.6 is 11.6 Å². The maximum absolute atomic E-state index is 12.8. The minimum Gasteiger partial charge on any atom is -0.325 e. The van der Waals surface area contributed by atoms with Gasteiger partial charge in [0.2, 0.25) is 5.91 Å². The van der Waals surface area contributed by atoms with Gasteiger partial charge >= 0.3 is 0 Å². The molecule has 6 heteroatoms. The maximum atomic E-state index is 12.8. The smallest absolute Gasteiger partial charge is 0.235 e. The topological polar surface area (TPSA) is 70.7 Å². The first-order valence-electron chi connectivity index (χ1n) is 7.71. The Kier molecular flexibility index (Phi) is 3.58. The van der Waals surface area contributed by atoms with Crippen LogP contribution in [-0.2, 0) is 10.2 Å². The second-order valence-corrected chi connectivity index (χ2v) is 6.39. The second-order valence-electron chi connectivity index (χ2n) is 5.96. The Balaban J connectivity index is 1.56. The van der Waals surface area contributed by atoms with Gasteiger partial charge in [0.05, 0.1) is 5.41 Å². The SMILES string of the molecule is O=C(Nc1cccc(-c2ncn[nH]2)c1)C1(c2ccc(Cl)cc2)CC1. The number of carbonyl (C=O) groups is 1. The van der Waals surface area contributed by atoms with E-state index in [0.29, 0.717) is 10.8 Å². The summed E-state index contributed by atoms with van der Waals surface area (Å²) >= 11 is 5.94. The standard InChI is InChI=1S/C18H15ClN4O/c19-14-6-4-13(5-7-14)18(8-9-18)17(24)22-15-3-1-2-12(10-15)16-20-11-21-23-16/h1-7,10-11H,8-9H2,(H,22,24)(H,20,21,23). The van der Waals surface area contributed by atoms with E-state index in [1.165, 1.54) is 6.33 Å². The molecule has 1 saturated carbocycles. The summed E-state index contributed by atoms with van der Waals surface area (Å²) in [5.74, 6) is 0.685.